The Morgan fingerprint density at radius 1 is 1.38 bits per heavy atom. The molecule has 1 heterocycles. The van der Waals surface area contributed by atoms with Crippen LogP contribution in [0.15, 0.2) is 0 Å². The van der Waals surface area contributed by atoms with Crippen molar-refractivity contribution in [2.75, 3.05) is 14.2 Å². The number of aromatic nitrogens is 2. The zero-order chi connectivity index (χ0) is 12.3. The van der Waals surface area contributed by atoms with E-state index >= 15 is 0 Å². The van der Waals surface area contributed by atoms with Crippen LogP contribution in [0.25, 0.3) is 0 Å². The van der Waals surface area contributed by atoms with Crippen molar-refractivity contribution in [1.82, 2.24) is 9.78 Å². The summed E-state index contributed by atoms with van der Waals surface area (Å²) >= 11 is 0. The van der Waals surface area contributed by atoms with Gasteiger partial charge in [0, 0.05) is 7.05 Å². The Morgan fingerprint density at radius 3 is 2.50 bits per heavy atom. The number of hydrogen-bond acceptors (Lipinski definition) is 5. The highest BCUT2D eigenvalue weighted by Crippen LogP contribution is 2.22. The number of carbonyl (C=O) groups excluding carboxylic acids is 2. The van der Waals surface area contributed by atoms with Crippen LogP contribution in [0.3, 0.4) is 0 Å². The molecule has 0 radical (unpaired) electrons. The summed E-state index contributed by atoms with van der Waals surface area (Å²) in [6.07, 6.45) is -0.306. The standard InChI is InChI=1S/C10H14N2O4/c1-6-9(7(13)5-8(14)15-3)10(16-4)12(2)11-6/h5H2,1-4H3. The molecule has 1 aromatic heterocycles. The topological polar surface area (TPSA) is 70.4 Å². The molecule has 16 heavy (non-hydrogen) atoms. The second kappa shape index (κ2) is 4.78. The zero-order valence-corrected chi connectivity index (χ0v) is 9.73. The lowest BCUT2D eigenvalue weighted by Crippen LogP contribution is -2.11. The summed E-state index contributed by atoms with van der Waals surface area (Å²) < 4.78 is 11.0. The fourth-order valence-corrected chi connectivity index (χ4v) is 1.48. The Balaban J connectivity index is 3.03. The zero-order valence-electron chi connectivity index (χ0n) is 9.73. The number of esters is 1. The normalized spacial score (nSPS) is 10.0. The van der Waals surface area contributed by atoms with Crippen molar-refractivity contribution >= 4 is 11.8 Å². The fourth-order valence-electron chi connectivity index (χ4n) is 1.48. The molecule has 0 aliphatic rings. The minimum atomic E-state index is -0.574. The minimum Gasteiger partial charge on any atom is -0.481 e. The van der Waals surface area contributed by atoms with E-state index in [1.54, 1.807) is 14.0 Å². The maximum Gasteiger partial charge on any atom is 0.313 e. The molecule has 0 aliphatic heterocycles. The number of ketones is 1. The van der Waals surface area contributed by atoms with Gasteiger partial charge in [-0.15, -0.1) is 0 Å². The Hall–Kier alpha value is -1.85. The molecular weight excluding hydrogens is 212 g/mol. The average molecular weight is 226 g/mol. The molecule has 0 saturated heterocycles. The van der Waals surface area contributed by atoms with Crippen molar-refractivity contribution in [3.05, 3.63) is 11.3 Å². The van der Waals surface area contributed by atoms with Gasteiger partial charge >= 0.3 is 5.97 Å². The molecule has 0 fully saturated rings. The summed E-state index contributed by atoms with van der Waals surface area (Å²) in [6, 6.07) is 0. The first kappa shape index (κ1) is 12.2. The molecular formula is C10H14N2O4. The van der Waals surface area contributed by atoms with Gasteiger partial charge in [-0.05, 0) is 6.92 Å². The molecule has 6 heteroatoms. The molecule has 0 amide bonds. The van der Waals surface area contributed by atoms with Gasteiger partial charge in [-0.1, -0.05) is 0 Å². The van der Waals surface area contributed by atoms with E-state index in [9.17, 15) is 9.59 Å². The van der Waals surface area contributed by atoms with Crippen molar-refractivity contribution in [1.29, 1.82) is 0 Å². The lowest BCUT2D eigenvalue weighted by molar-refractivity contribution is -0.139. The van der Waals surface area contributed by atoms with Crippen LogP contribution in [0.2, 0.25) is 0 Å². The third-order valence-electron chi connectivity index (χ3n) is 2.17. The largest absolute Gasteiger partial charge is 0.481 e. The first-order valence-electron chi connectivity index (χ1n) is 4.68. The summed E-state index contributed by atoms with van der Waals surface area (Å²) in [5.74, 6) is -0.573. The van der Waals surface area contributed by atoms with Crippen LogP contribution < -0.4 is 4.74 Å². The second-order valence-corrected chi connectivity index (χ2v) is 3.27. The Bertz CT molecular complexity index is 423. The highest BCUT2D eigenvalue weighted by molar-refractivity contribution is 6.07. The number of methoxy groups -OCH3 is 2. The maximum atomic E-state index is 11.8. The van der Waals surface area contributed by atoms with Crippen molar-refractivity contribution in [3.8, 4) is 5.88 Å². The smallest absolute Gasteiger partial charge is 0.313 e. The highest BCUT2D eigenvalue weighted by Gasteiger charge is 2.23. The van der Waals surface area contributed by atoms with Crippen LogP contribution in [-0.2, 0) is 16.6 Å². The number of carbonyl (C=O) groups is 2. The van der Waals surface area contributed by atoms with Crippen molar-refractivity contribution in [3.63, 3.8) is 0 Å². The van der Waals surface area contributed by atoms with E-state index in [1.165, 1.54) is 18.9 Å². The molecule has 0 atom stereocenters. The van der Waals surface area contributed by atoms with Crippen LogP contribution in [0.1, 0.15) is 22.5 Å². The number of ether oxygens (including phenoxy) is 2. The molecule has 1 aromatic rings. The number of aryl methyl sites for hydroxylation is 2. The lowest BCUT2D eigenvalue weighted by Gasteiger charge is -2.03. The van der Waals surface area contributed by atoms with Gasteiger partial charge in [-0.25, -0.2) is 4.68 Å². The van der Waals surface area contributed by atoms with Gasteiger partial charge in [0.25, 0.3) is 0 Å². The molecule has 0 N–H and O–H groups in total. The van der Waals surface area contributed by atoms with Crippen molar-refractivity contribution in [2.45, 2.75) is 13.3 Å². The fraction of sp³-hybridized carbons (Fsp3) is 0.500. The Labute approximate surface area is 93.1 Å². The predicted octanol–water partition coefficient (Wildman–Crippen LogP) is 0.483. The van der Waals surface area contributed by atoms with Crippen LogP contribution >= 0.6 is 0 Å². The summed E-state index contributed by atoms with van der Waals surface area (Å²) in [5.41, 5.74) is 0.864. The average Bonchev–Trinajstić information content (AvgIpc) is 2.52. The van der Waals surface area contributed by atoms with Gasteiger partial charge in [0.1, 0.15) is 12.0 Å². The van der Waals surface area contributed by atoms with Gasteiger partial charge < -0.3 is 9.47 Å². The van der Waals surface area contributed by atoms with Gasteiger partial charge in [0.2, 0.25) is 5.88 Å². The molecule has 0 unspecified atom stereocenters. The molecule has 1 rings (SSSR count). The number of nitrogens with zero attached hydrogens (tertiary/aromatic N) is 2. The second-order valence-electron chi connectivity index (χ2n) is 3.27. The first-order valence-corrected chi connectivity index (χ1v) is 4.68. The van der Waals surface area contributed by atoms with E-state index in [-0.39, 0.29) is 12.2 Å². The lowest BCUT2D eigenvalue weighted by atomic mass is 10.1. The first-order chi connectivity index (χ1) is 7.51. The van der Waals surface area contributed by atoms with Crippen molar-refractivity contribution in [2.24, 2.45) is 7.05 Å². The molecule has 0 spiro atoms. The van der Waals surface area contributed by atoms with Crippen LogP contribution in [0.5, 0.6) is 5.88 Å². The Morgan fingerprint density at radius 2 is 2.00 bits per heavy atom. The van der Waals surface area contributed by atoms with Gasteiger partial charge in [0.05, 0.1) is 19.9 Å². The van der Waals surface area contributed by atoms with E-state index in [0.717, 1.165) is 0 Å². The van der Waals surface area contributed by atoms with E-state index in [2.05, 4.69) is 9.84 Å². The maximum absolute atomic E-state index is 11.8. The molecule has 0 bridgehead atoms. The number of rotatable bonds is 4. The van der Waals surface area contributed by atoms with Gasteiger partial charge in [-0.2, -0.15) is 5.10 Å². The quantitative estimate of drug-likeness (QED) is 0.424. The summed E-state index contributed by atoms with van der Waals surface area (Å²) in [5, 5.41) is 4.05. The molecule has 0 aliphatic carbocycles. The predicted molar refractivity (Wildman–Crippen MR) is 55.5 cm³/mol. The van der Waals surface area contributed by atoms with Crippen LogP contribution in [0.4, 0.5) is 0 Å². The van der Waals surface area contributed by atoms with Crippen LogP contribution in [0, 0.1) is 6.92 Å². The molecule has 0 saturated carbocycles. The minimum absolute atomic E-state index is 0.306. The Kier molecular flexibility index (Phi) is 3.65. The summed E-state index contributed by atoms with van der Waals surface area (Å²) in [7, 11) is 4.36. The SMILES string of the molecule is COC(=O)CC(=O)c1c(C)nn(C)c1OC. The van der Waals surface area contributed by atoms with E-state index in [1.807, 2.05) is 0 Å². The van der Waals surface area contributed by atoms with Gasteiger partial charge in [0.15, 0.2) is 5.78 Å². The highest BCUT2D eigenvalue weighted by atomic mass is 16.5. The monoisotopic (exact) mass is 226 g/mol. The third-order valence-corrected chi connectivity index (χ3v) is 2.17. The number of hydrogen-bond donors (Lipinski definition) is 0. The van der Waals surface area contributed by atoms with Crippen molar-refractivity contribution < 1.29 is 19.1 Å². The molecule has 6 nitrogen and oxygen atoms in total. The third kappa shape index (κ3) is 2.21. The summed E-state index contributed by atoms with van der Waals surface area (Å²) in [6.45, 7) is 1.69. The van der Waals surface area contributed by atoms with E-state index in [0.29, 0.717) is 17.1 Å². The molecule has 0 aromatic carbocycles. The van der Waals surface area contributed by atoms with E-state index < -0.39 is 5.97 Å². The van der Waals surface area contributed by atoms with Crippen LogP contribution in [-0.4, -0.2) is 35.8 Å². The van der Waals surface area contributed by atoms with E-state index in [4.69, 9.17) is 4.74 Å². The van der Waals surface area contributed by atoms with Gasteiger partial charge in [-0.3, -0.25) is 9.59 Å². The summed E-state index contributed by atoms with van der Waals surface area (Å²) in [4.78, 5) is 22.8. The molecule has 88 valence electrons. The number of Topliss-reactive ketones (excluding diaryl/α,β-unsaturated/α-hetero) is 1.